The molecule has 0 unspecified atom stereocenters. The molecule has 1 aromatic heterocycles. The third-order valence-corrected chi connectivity index (χ3v) is 5.22. The number of benzene rings is 1. The van der Waals surface area contributed by atoms with Crippen LogP contribution in [0.5, 0.6) is 11.5 Å². The molecule has 1 N–H and O–H groups in total. The van der Waals surface area contributed by atoms with Crippen LogP contribution >= 0.6 is 0 Å². The first-order valence-electron chi connectivity index (χ1n) is 9.49. The number of cyclic esters (lactones) is 1. The van der Waals surface area contributed by atoms with E-state index in [1.54, 1.807) is 6.20 Å². The third-order valence-electron chi connectivity index (χ3n) is 5.22. The maximum Gasteiger partial charge on any atom is 0.407 e. The molecule has 1 aromatic carbocycles. The summed E-state index contributed by atoms with van der Waals surface area (Å²) in [5.74, 6) is 2.00. The number of nitrogens with zero attached hydrogens (tertiary/aromatic N) is 2. The van der Waals surface area contributed by atoms with Crippen molar-refractivity contribution in [3.8, 4) is 11.5 Å². The van der Waals surface area contributed by atoms with Crippen LogP contribution in [0.1, 0.15) is 30.0 Å². The SMILES string of the molecule is Cc1ncccc1Oc1ccc(C2CN(C(=O)CC[C@@H]3COC(=O)N3)C2)cc1. The van der Waals surface area contributed by atoms with Gasteiger partial charge in [0.2, 0.25) is 5.91 Å². The number of aromatic nitrogens is 1. The normalized spacial score (nSPS) is 19.0. The Bertz CT molecular complexity index is 862. The Morgan fingerprint density at radius 3 is 2.75 bits per heavy atom. The fourth-order valence-electron chi connectivity index (χ4n) is 3.44. The van der Waals surface area contributed by atoms with E-state index in [2.05, 4.69) is 22.4 Å². The van der Waals surface area contributed by atoms with Gasteiger partial charge in [0, 0.05) is 31.6 Å². The molecule has 7 heteroatoms. The molecule has 2 fully saturated rings. The molecule has 7 nitrogen and oxygen atoms in total. The topological polar surface area (TPSA) is 80.8 Å². The summed E-state index contributed by atoms with van der Waals surface area (Å²) in [5, 5.41) is 2.70. The second-order valence-electron chi connectivity index (χ2n) is 7.23. The molecule has 2 aliphatic heterocycles. The fourth-order valence-corrected chi connectivity index (χ4v) is 3.44. The van der Waals surface area contributed by atoms with Crippen molar-refractivity contribution in [1.82, 2.24) is 15.2 Å². The zero-order valence-electron chi connectivity index (χ0n) is 15.8. The van der Waals surface area contributed by atoms with E-state index in [0.717, 1.165) is 30.3 Å². The molecule has 0 saturated carbocycles. The Kier molecular flexibility index (Phi) is 5.14. The summed E-state index contributed by atoms with van der Waals surface area (Å²) in [6, 6.07) is 11.7. The van der Waals surface area contributed by atoms with Crippen molar-refractivity contribution in [2.24, 2.45) is 0 Å². The maximum absolute atomic E-state index is 12.3. The minimum Gasteiger partial charge on any atom is -0.455 e. The van der Waals surface area contributed by atoms with Gasteiger partial charge in [0.1, 0.15) is 18.1 Å². The molecule has 0 radical (unpaired) electrons. The summed E-state index contributed by atoms with van der Waals surface area (Å²) in [5.41, 5.74) is 2.05. The van der Waals surface area contributed by atoms with Gasteiger partial charge in [0.15, 0.2) is 0 Å². The number of hydrogen-bond acceptors (Lipinski definition) is 5. The Balaban J connectivity index is 1.24. The number of alkyl carbamates (subject to hydrolysis) is 1. The van der Waals surface area contributed by atoms with E-state index in [0.29, 0.717) is 25.4 Å². The van der Waals surface area contributed by atoms with E-state index in [-0.39, 0.29) is 11.9 Å². The first-order chi connectivity index (χ1) is 13.6. The van der Waals surface area contributed by atoms with Crippen LogP contribution in [0.4, 0.5) is 4.79 Å². The third kappa shape index (κ3) is 4.08. The van der Waals surface area contributed by atoms with Crippen molar-refractivity contribution in [1.29, 1.82) is 0 Å². The standard InChI is InChI=1S/C21H23N3O4/c1-14-19(3-2-10-22-14)28-18-7-4-15(5-8-18)16-11-24(12-16)20(25)9-6-17-13-27-21(26)23-17/h2-5,7-8,10,16-17H,6,9,11-13H2,1H3,(H,23,26)/t17-/m1/s1. The highest BCUT2D eigenvalue weighted by molar-refractivity contribution is 5.77. The van der Waals surface area contributed by atoms with E-state index in [1.807, 2.05) is 36.1 Å². The second kappa shape index (κ2) is 7.88. The highest BCUT2D eigenvalue weighted by Gasteiger charge is 2.32. The minimum atomic E-state index is -0.396. The zero-order chi connectivity index (χ0) is 19.5. The number of carbonyl (C=O) groups is 2. The average Bonchev–Trinajstić information content (AvgIpc) is 3.07. The van der Waals surface area contributed by atoms with Crippen LogP contribution in [0.25, 0.3) is 0 Å². The summed E-state index contributed by atoms with van der Waals surface area (Å²) in [6.45, 7) is 3.72. The van der Waals surface area contributed by atoms with Crippen molar-refractivity contribution < 1.29 is 19.1 Å². The summed E-state index contributed by atoms with van der Waals surface area (Å²) in [4.78, 5) is 29.4. The Labute approximate surface area is 163 Å². The van der Waals surface area contributed by atoms with Crippen molar-refractivity contribution >= 4 is 12.0 Å². The van der Waals surface area contributed by atoms with Crippen molar-refractivity contribution in [2.75, 3.05) is 19.7 Å². The van der Waals surface area contributed by atoms with Gasteiger partial charge in [0.05, 0.1) is 11.7 Å². The lowest BCUT2D eigenvalue weighted by Gasteiger charge is -2.40. The summed E-state index contributed by atoms with van der Waals surface area (Å²) < 4.78 is 10.7. The second-order valence-corrected chi connectivity index (χ2v) is 7.23. The molecule has 2 aromatic rings. The quantitative estimate of drug-likeness (QED) is 0.832. The molecule has 0 aliphatic carbocycles. The van der Waals surface area contributed by atoms with Crippen LogP contribution in [0.15, 0.2) is 42.6 Å². The molecule has 28 heavy (non-hydrogen) atoms. The maximum atomic E-state index is 12.3. The van der Waals surface area contributed by atoms with Crippen molar-refractivity contribution in [2.45, 2.75) is 31.7 Å². The first kappa shape index (κ1) is 18.3. The van der Waals surface area contributed by atoms with Crippen LogP contribution in [0.3, 0.4) is 0 Å². The lowest BCUT2D eigenvalue weighted by molar-refractivity contribution is -0.135. The number of hydrogen-bond donors (Lipinski definition) is 1. The molecule has 4 rings (SSSR count). The highest BCUT2D eigenvalue weighted by Crippen LogP contribution is 2.30. The van der Waals surface area contributed by atoms with Gasteiger partial charge in [-0.3, -0.25) is 9.78 Å². The van der Waals surface area contributed by atoms with E-state index in [9.17, 15) is 9.59 Å². The van der Waals surface area contributed by atoms with Crippen molar-refractivity contribution in [3.05, 3.63) is 53.9 Å². The molecule has 146 valence electrons. The Morgan fingerprint density at radius 2 is 2.07 bits per heavy atom. The molecule has 1 atom stereocenters. The first-order valence-corrected chi connectivity index (χ1v) is 9.49. The number of ether oxygens (including phenoxy) is 2. The number of rotatable bonds is 6. The number of amides is 2. The van der Waals surface area contributed by atoms with Crippen LogP contribution in [-0.4, -0.2) is 47.6 Å². The van der Waals surface area contributed by atoms with Gasteiger partial charge in [0.25, 0.3) is 0 Å². The predicted molar refractivity (Wildman–Crippen MR) is 102 cm³/mol. The van der Waals surface area contributed by atoms with E-state index in [1.165, 1.54) is 5.56 Å². The predicted octanol–water partition coefficient (Wildman–Crippen LogP) is 3.00. The van der Waals surface area contributed by atoms with E-state index >= 15 is 0 Å². The largest absolute Gasteiger partial charge is 0.455 e. The van der Waals surface area contributed by atoms with Gasteiger partial charge >= 0.3 is 6.09 Å². The smallest absolute Gasteiger partial charge is 0.407 e. The van der Waals surface area contributed by atoms with Crippen LogP contribution < -0.4 is 10.1 Å². The van der Waals surface area contributed by atoms with Gasteiger partial charge < -0.3 is 19.7 Å². The molecule has 2 saturated heterocycles. The van der Waals surface area contributed by atoms with E-state index < -0.39 is 6.09 Å². The van der Waals surface area contributed by atoms with Gasteiger partial charge in [-0.1, -0.05) is 12.1 Å². The molecular weight excluding hydrogens is 358 g/mol. The molecule has 0 bridgehead atoms. The molecule has 0 spiro atoms. The number of carbonyl (C=O) groups excluding carboxylic acids is 2. The summed E-state index contributed by atoms with van der Waals surface area (Å²) >= 11 is 0. The Hall–Kier alpha value is -3.09. The van der Waals surface area contributed by atoms with Gasteiger partial charge in [-0.25, -0.2) is 4.79 Å². The molecule has 3 heterocycles. The fraction of sp³-hybridized carbons (Fsp3) is 0.381. The molecule has 2 aliphatic rings. The number of aryl methyl sites for hydroxylation is 1. The highest BCUT2D eigenvalue weighted by atomic mass is 16.6. The Morgan fingerprint density at radius 1 is 1.29 bits per heavy atom. The zero-order valence-corrected chi connectivity index (χ0v) is 15.8. The molecule has 2 amide bonds. The number of likely N-dealkylation sites (tertiary alicyclic amines) is 1. The summed E-state index contributed by atoms with van der Waals surface area (Å²) in [7, 11) is 0. The van der Waals surface area contributed by atoms with Gasteiger partial charge in [-0.15, -0.1) is 0 Å². The summed E-state index contributed by atoms with van der Waals surface area (Å²) in [6.07, 6.45) is 2.39. The van der Waals surface area contributed by atoms with Crippen LogP contribution in [0, 0.1) is 6.92 Å². The van der Waals surface area contributed by atoms with Crippen LogP contribution in [-0.2, 0) is 9.53 Å². The van der Waals surface area contributed by atoms with Gasteiger partial charge in [-0.2, -0.15) is 0 Å². The average molecular weight is 381 g/mol. The molecular formula is C21H23N3O4. The monoisotopic (exact) mass is 381 g/mol. The van der Waals surface area contributed by atoms with E-state index in [4.69, 9.17) is 9.47 Å². The van der Waals surface area contributed by atoms with Crippen LogP contribution in [0.2, 0.25) is 0 Å². The number of pyridine rings is 1. The minimum absolute atomic E-state index is 0.0514. The van der Waals surface area contributed by atoms with Crippen molar-refractivity contribution in [3.63, 3.8) is 0 Å². The van der Waals surface area contributed by atoms with Gasteiger partial charge in [-0.05, 0) is 43.2 Å². The lowest BCUT2D eigenvalue weighted by atomic mass is 9.91. The number of nitrogens with one attached hydrogen (secondary N) is 1. The lowest BCUT2D eigenvalue weighted by Crippen LogP contribution is -2.48.